The SMILES string of the molecule is CCC.CCOC1CCCCC1.CCS(=O)(=O)c1ccc(C(CO)NC(=O)c2cnc3c(c2)CN(C)C3)cc1. The van der Waals surface area contributed by atoms with Crippen molar-refractivity contribution < 1.29 is 23.1 Å². The number of benzene rings is 1. The third kappa shape index (κ3) is 10.3. The van der Waals surface area contributed by atoms with E-state index in [4.69, 9.17) is 4.74 Å². The van der Waals surface area contributed by atoms with Crippen LogP contribution in [0.25, 0.3) is 0 Å². The minimum atomic E-state index is -3.29. The van der Waals surface area contributed by atoms with Crippen LogP contribution in [0, 0.1) is 0 Å². The van der Waals surface area contributed by atoms with Gasteiger partial charge >= 0.3 is 0 Å². The van der Waals surface area contributed by atoms with Gasteiger partial charge in [-0.05, 0) is 56.1 Å². The summed E-state index contributed by atoms with van der Waals surface area (Å²) >= 11 is 0. The fraction of sp³-hybridized carbons (Fsp3) is 0.600. The first-order valence-corrected chi connectivity index (χ1v) is 15.9. The summed E-state index contributed by atoms with van der Waals surface area (Å²) in [6.07, 6.45) is 10.2. The molecule has 1 saturated carbocycles. The molecule has 1 aromatic carbocycles. The molecule has 39 heavy (non-hydrogen) atoms. The van der Waals surface area contributed by atoms with Gasteiger partial charge in [-0.2, -0.15) is 0 Å². The molecule has 0 radical (unpaired) electrons. The molecule has 1 unspecified atom stereocenters. The molecule has 1 atom stereocenters. The standard InChI is InChI=1S/C19H23N3O4S.C8H16O.C3H8/c1-3-27(25,26)16-6-4-13(5-7-16)18(12-23)21-19(24)14-8-15-10-22(2)11-17(15)20-9-14;1-2-9-8-6-4-3-5-7-8;1-3-2/h4-9,18,23H,3,10-12H2,1-2H3,(H,21,24);8H,2-7H2,1H3;3H2,1-2H3. The van der Waals surface area contributed by atoms with E-state index in [1.165, 1.54) is 50.7 Å². The van der Waals surface area contributed by atoms with Crippen LogP contribution in [0.5, 0.6) is 0 Å². The van der Waals surface area contributed by atoms with E-state index in [1.54, 1.807) is 25.3 Å². The molecule has 218 valence electrons. The Kier molecular flexibility index (Phi) is 14.1. The van der Waals surface area contributed by atoms with Gasteiger partial charge in [0.05, 0.1) is 40.7 Å². The Morgan fingerprint density at radius 2 is 1.74 bits per heavy atom. The molecule has 1 aromatic heterocycles. The van der Waals surface area contributed by atoms with Crippen molar-refractivity contribution in [2.45, 2.75) is 96.4 Å². The van der Waals surface area contributed by atoms with Crippen LogP contribution in [0.1, 0.15) is 99.4 Å². The lowest BCUT2D eigenvalue weighted by Gasteiger charge is -2.20. The fourth-order valence-electron chi connectivity index (χ4n) is 4.56. The zero-order valence-corrected chi connectivity index (χ0v) is 25.1. The number of amides is 1. The van der Waals surface area contributed by atoms with E-state index in [9.17, 15) is 18.3 Å². The summed E-state index contributed by atoms with van der Waals surface area (Å²) in [7, 11) is -1.29. The molecule has 0 bridgehead atoms. The molecular formula is C30H47N3O5S. The molecular weight excluding hydrogens is 514 g/mol. The average Bonchev–Trinajstić information content (AvgIpc) is 3.32. The number of nitrogens with one attached hydrogen (secondary N) is 1. The van der Waals surface area contributed by atoms with E-state index in [-0.39, 0.29) is 23.2 Å². The lowest BCUT2D eigenvalue weighted by atomic mass is 9.98. The second-order valence-corrected chi connectivity index (χ2v) is 12.4. The lowest BCUT2D eigenvalue weighted by molar-refractivity contribution is 0.0368. The third-order valence-corrected chi connectivity index (χ3v) is 8.40. The van der Waals surface area contributed by atoms with Crippen LogP contribution >= 0.6 is 0 Å². The first-order valence-electron chi connectivity index (χ1n) is 14.2. The number of carbonyl (C=O) groups is 1. The zero-order valence-electron chi connectivity index (χ0n) is 24.3. The Hall–Kier alpha value is -2.33. The topological polar surface area (TPSA) is 109 Å². The smallest absolute Gasteiger partial charge is 0.253 e. The van der Waals surface area contributed by atoms with E-state index >= 15 is 0 Å². The van der Waals surface area contributed by atoms with Crippen molar-refractivity contribution in [2.24, 2.45) is 0 Å². The van der Waals surface area contributed by atoms with Crippen LogP contribution in [0.15, 0.2) is 41.4 Å². The third-order valence-electron chi connectivity index (χ3n) is 6.65. The zero-order chi connectivity index (χ0) is 28.8. The van der Waals surface area contributed by atoms with Crippen LogP contribution in [-0.2, 0) is 27.7 Å². The van der Waals surface area contributed by atoms with Gasteiger partial charge in [0.15, 0.2) is 9.84 Å². The highest BCUT2D eigenvalue weighted by molar-refractivity contribution is 7.91. The second kappa shape index (κ2) is 16.7. The number of fused-ring (bicyclic) bond motifs is 1. The van der Waals surface area contributed by atoms with Crippen molar-refractivity contribution >= 4 is 15.7 Å². The van der Waals surface area contributed by atoms with Gasteiger partial charge in [-0.15, -0.1) is 0 Å². The van der Waals surface area contributed by atoms with Crippen LogP contribution in [0.4, 0.5) is 0 Å². The number of rotatable bonds is 8. The van der Waals surface area contributed by atoms with Crippen molar-refractivity contribution in [3.63, 3.8) is 0 Å². The summed E-state index contributed by atoms with van der Waals surface area (Å²) in [6.45, 7) is 10.0. The second-order valence-electron chi connectivity index (χ2n) is 10.1. The van der Waals surface area contributed by atoms with Crippen molar-refractivity contribution in [1.29, 1.82) is 0 Å². The monoisotopic (exact) mass is 561 g/mol. The predicted molar refractivity (Wildman–Crippen MR) is 155 cm³/mol. The molecule has 9 heteroatoms. The normalized spacial score (nSPS) is 16.3. The number of aromatic nitrogens is 1. The average molecular weight is 562 g/mol. The number of carbonyl (C=O) groups excluding carboxylic acids is 1. The highest BCUT2D eigenvalue weighted by atomic mass is 32.2. The molecule has 4 rings (SSSR count). The van der Waals surface area contributed by atoms with E-state index < -0.39 is 15.9 Å². The summed E-state index contributed by atoms with van der Waals surface area (Å²) in [4.78, 5) is 19.3. The molecule has 1 aliphatic carbocycles. The molecule has 2 heterocycles. The number of nitrogens with zero attached hydrogens (tertiary/aromatic N) is 2. The van der Waals surface area contributed by atoms with E-state index in [0.717, 1.165) is 31.0 Å². The van der Waals surface area contributed by atoms with Crippen LogP contribution < -0.4 is 5.32 Å². The lowest BCUT2D eigenvalue weighted by Crippen LogP contribution is -2.31. The Morgan fingerprint density at radius 3 is 2.31 bits per heavy atom. The molecule has 2 aromatic rings. The molecule has 1 aliphatic heterocycles. The predicted octanol–water partition coefficient (Wildman–Crippen LogP) is 5.06. The largest absolute Gasteiger partial charge is 0.394 e. The molecule has 0 spiro atoms. The van der Waals surface area contributed by atoms with Crippen molar-refractivity contribution in [3.8, 4) is 0 Å². The molecule has 0 saturated heterocycles. The van der Waals surface area contributed by atoms with Gasteiger partial charge in [0.2, 0.25) is 0 Å². The molecule has 1 fully saturated rings. The Labute approximate surface area is 235 Å². The van der Waals surface area contributed by atoms with Gasteiger partial charge < -0.3 is 15.2 Å². The fourth-order valence-corrected chi connectivity index (χ4v) is 5.45. The summed E-state index contributed by atoms with van der Waals surface area (Å²) in [5.74, 6) is -0.309. The maximum absolute atomic E-state index is 12.6. The van der Waals surface area contributed by atoms with Crippen molar-refractivity contribution in [1.82, 2.24) is 15.2 Å². The van der Waals surface area contributed by atoms with Gasteiger partial charge in [-0.3, -0.25) is 14.7 Å². The number of hydrogen-bond donors (Lipinski definition) is 2. The highest BCUT2D eigenvalue weighted by Gasteiger charge is 2.21. The number of aliphatic hydroxyl groups excluding tert-OH is 1. The summed E-state index contributed by atoms with van der Waals surface area (Å²) in [5, 5.41) is 12.5. The number of ether oxygens (including phenoxy) is 1. The quantitative estimate of drug-likeness (QED) is 0.464. The van der Waals surface area contributed by atoms with Crippen LogP contribution in [0.2, 0.25) is 0 Å². The van der Waals surface area contributed by atoms with Gasteiger partial charge in [0.1, 0.15) is 0 Å². The van der Waals surface area contributed by atoms with Crippen molar-refractivity contribution in [3.05, 3.63) is 58.9 Å². The van der Waals surface area contributed by atoms with E-state index in [1.807, 2.05) is 13.1 Å². The number of sulfone groups is 1. The minimum Gasteiger partial charge on any atom is -0.394 e. The molecule has 1 amide bonds. The Bertz CT molecular complexity index is 1110. The molecule has 8 nitrogen and oxygen atoms in total. The number of pyridine rings is 1. The van der Waals surface area contributed by atoms with Crippen LogP contribution in [-0.4, -0.2) is 61.4 Å². The maximum atomic E-state index is 12.6. The molecule has 2 N–H and O–H groups in total. The molecule has 2 aliphatic rings. The van der Waals surface area contributed by atoms with Gasteiger partial charge in [-0.1, -0.05) is 58.6 Å². The van der Waals surface area contributed by atoms with E-state index in [0.29, 0.717) is 17.2 Å². The van der Waals surface area contributed by atoms with Gasteiger partial charge in [-0.25, -0.2) is 8.42 Å². The van der Waals surface area contributed by atoms with Crippen LogP contribution in [0.3, 0.4) is 0 Å². The number of hydrogen-bond acceptors (Lipinski definition) is 7. The summed E-state index contributed by atoms with van der Waals surface area (Å²) in [6, 6.07) is 7.41. The maximum Gasteiger partial charge on any atom is 0.253 e. The Morgan fingerprint density at radius 1 is 1.10 bits per heavy atom. The highest BCUT2D eigenvalue weighted by Crippen LogP contribution is 2.22. The first-order chi connectivity index (χ1) is 18.7. The van der Waals surface area contributed by atoms with Crippen molar-refractivity contribution in [2.75, 3.05) is 26.0 Å². The summed E-state index contributed by atoms with van der Waals surface area (Å²) < 4.78 is 29.3. The Balaban J connectivity index is 0.000000370. The van der Waals surface area contributed by atoms with E-state index in [2.05, 4.69) is 36.0 Å². The minimum absolute atomic E-state index is 0.0209. The van der Waals surface area contributed by atoms with Gasteiger partial charge in [0.25, 0.3) is 5.91 Å². The van der Waals surface area contributed by atoms with Gasteiger partial charge in [0, 0.05) is 25.9 Å². The summed E-state index contributed by atoms with van der Waals surface area (Å²) in [5.41, 5.74) is 3.07. The first kappa shape index (κ1) is 32.9. The number of aliphatic hydroxyl groups is 1.